The highest BCUT2D eigenvalue weighted by molar-refractivity contribution is 5.86. The largest absolute Gasteiger partial charge is 0.494 e. The van der Waals surface area contributed by atoms with Crippen LogP contribution >= 0.6 is 0 Å². The molecule has 5 heteroatoms. The Kier molecular flexibility index (Phi) is 10.3. The second-order valence-corrected chi connectivity index (χ2v) is 5.73. The highest BCUT2D eigenvalue weighted by Gasteiger charge is 2.02. The summed E-state index contributed by atoms with van der Waals surface area (Å²) in [6, 6.07) is 7.64. The summed E-state index contributed by atoms with van der Waals surface area (Å²) >= 11 is 0. The topological polar surface area (TPSA) is 65.0 Å². The molecular formula is C20H28O5. The molecule has 25 heavy (non-hydrogen) atoms. The molecule has 0 fully saturated rings. The molecule has 5 nitrogen and oxygen atoms in total. The molecule has 0 spiro atoms. The number of hydrogen-bond acceptors (Lipinski definition) is 5. The molecule has 1 N–H and O–H groups in total. The fourth-order valence-corrected chi connectivity index (χ4v) is 1.98. The molecule has 1 rings (SSSR count). The van der Waals surface area contributed by atoms with Crippen molar-refractivity contribution in [3.63, 3.8) is 0 Å². The first-order valence-corrected chi connectivity index (χ1v) is 8.47. The van der Waals surface area contributed by atoms with Gasteiger partial charge >= 0.3 is 5.97 Å². The third kappa shape index (κ3) is 9.69. The van der Waals surface area contributed by atoms with E-state index in [2.05, 4.69) is 6.58 Å². The van der Waals surface area contributed by atoms with Gasteiger partial charge < -0.3 is 19.3 Å². The number of benzene rings is 1. The van der Waals surface area contributed by atoms with Crippen LogP contribution in [0.1, 0.15) is 38.2 Å². The van der Waals surface area contributed by atoms with Crippen LogP contribution in [0, 0.1) is 0 Å². The number of rotatable bonds is 12. The zero-order valence-corrected chi connectivity index (χ0v) is 15.1. The fraction of sp³-hybridized carbons (Fsp3) is 0.450. The minimum Gasteiger partial charge on any atom is -0.494 e. The summed E-state index contributed by atoms with van der Waals surface area (Å²) in [4.78, 5) is 11.2. The molecule has 0 radical (unpaired) electrons. The summed E-state index contributed by atoms with van der Waals surface area (Å²) in [6.45, 7) is 6.28. The second kappa shape index (κ2) is 12.3. The van der Waals surface area contributed by atoms with Gasteiger partial charge in [-0.05, 0) is 56.4 Å². The first-order valence-electron chi connectivity index (χ1n) is 8.47. The third-order valence-corrected chi connectivity index (χ3v) is 3.46. The van der Waals surface area contributed by atoms with Gasteiger partial charge in [0.1, 0.15) is 5.75 Å². The van der Waals surface area contributed by atoms with E-state index in [0.717, 1.165) is 37.0 Å². The van der Waals surface area contributed by atoms with Crippen molar-refractivity contribution in [2.75, 3.05) is 20.3 Å². The summed E-state index contributed by atoms with van der Waals surface area (Å²) in [6.07, 6.45) is 6.31. The van der Waals surface area contributed by atoms with Crippen molar-refractivity contribution in [2.45, 2.75) is 38.9 Å². The van der Waals surface area contributed by atoms with E-state index >= 15 is 0 Å². The maximum atomic E-state index is 11.2. The molecule has 1 aromatic carbocycles. The Morgan fingerprint density at radius 3 is 2.40 bits per heavy atom. The minimum absolute atomic E-state index is 0.321. The molecule has 1 aromatic rings. The van der Waals surface area contributed by atoms with Crippen LogP contribution in [0.4, 0.5) is 0 Å². The van der Waals surface area contributed by atoms with Gasteiger partial charge in [0.2, 0.25) is 0 Å². The van der Waals surface area contributed by atoms with E-state index in [1.807, 2.05) is 24.3 Å². The van der Waals surface area contributed by atoms with Crippen molar-refractivity contribution in [2.24, 2.45) is 0 Å². The Labute approximate surface area is 149 Å². The van der Waals surface area contributed by atoms with E-state index in [4.69, 9.17) is 14.2 Å². The van der Waals surface area contributed by atoms with Crippen LogP contribution in [-0.4, -0.2) is 37.7 Å². The predicted molar refractivity (Wildman–Crippen MR) is 98.2 cm³/mol. The van der Waals surface area contributed by atoms with Gasteiger partial charge in [-0.15, -0.1) is 0 Å². The molecule has 0 saturated carbocycles. The standard InChI is InChI=1S/C20H28O5/c1-16(2)20(22)25-15-7-5-4-6-14-24-18-11-8-17(9-12-18)10-13-19(21)23-3/h8-13,19,21H,1,4-7,14-15H2,2-3H3/b13-10+. The monoisotopic (exact) mass is 348 g/mol. The number of esters is 1. The summed E-state index contributed by atoms with van der Waals surface area (Å²) in [5, 5.41) is 9.28. The molecule has 0 amide bonds. The maximum absolute atomic E-state index is 11.2. The quantitative estimate of drug-likeness (QED) is 0.270. The van der Waals surface area contributed by atoms with Crippen LogP contribution in [0.3, 0.4) is 0 Å². The Bertz CT molecular complexity index is 548. The highest BCUT2D eigenvalue weighted by Crippen LogP contribution is 2.14. The van der Waals surface area contributed by atoms with Gasteiger partial charge in [-0.1, -0.05) is 24.8 Å². The van der Waals surface area contributed by atoms with E-state index in [0.29, 0.717) is 18.8 Å². The molecule has 0 bridgehead atoms. The summed E-state index contributed by atoms with van der Waals surface area (Å²) in [5.41, 5.74) is 1.40. The Balaban J connectivity index is 2.11. The van der Waals surface area contributed by atoms with Gasteiger partial charge in [0.05, 0.1) is 13.2 Å². The molecular weight excluding hydrogens is 320 g/mol. The van der Waals surface area contributed by atoms with Gasteiger partial charge in [-0.3, -0.25) is 0 Å². The van der Waals surface area contributed by atoms with E-state index in [-0.39, 0.29) is 5.97 Å². The Morgan fingerprint density at radius 2 is 1.80 bits per heavy atom. The lowest BCUT2D eigenvalue weighted by Crippen LogP contribution is -2.06. The van der Waals surface area contributed by atoms with Crippen LogP contribution in [0.5, 0.6) is 5.75 Å². The fourth-order valence-electron chi connectivity index (χ4n) is 1.98. The minimum atomic E-state index is -0.889. The Morgan fingerprint density at radius 1 is 1.16 bits per heavy atom. The van der Waals surface area contributed by atoms with Crippen molar-refractivity contribution in [3.05, 3.63) is 48.1 Å². The SMILES string of the molecule is C=C(C)C(=O)OCCCCCCOc1ccc(/C=C/C(O)OC)cc1. The molecule has 0 aliphatic rings. The second-order valence-electron chi connectivity index (χ2n) is 5.73. The zero-order valence-electron chi connectivity index (χ0n) is 15.1. The van der Waals surface area contributed by atoms with Crippen molar-refractivity contribution in [3.8, 4) is 5.75 Å². The number of unbranched alkanes of at least 4 members (excludes halogenated alkanes) is 3. The zero-order chi connectivity index (χ0) is 18.5. The van der Waals surface area contributed by atoms with Crippen molar-refractivity contribution in [1.29, 1.82) is 0 Å². The maximum Gasteiger partial charge on any atom is 0.333 e. The smallest absolute Gasteiger partial charge is 0.333 e. The van der Waals surface area contributed by atoms with Crippen LogP contribution < -0.4 is 4.74 Å². The molecule has 0 aromatic heterocycles. The number of carbonyl (C=O) groups excluding carboxylic acids is 1. The van der Waals surface area contributed by atoms with Gasteiger partial charge in [-0.25, -0.2) is 4.79 Å². The number of hydrogen-bond donors (Lipinski definition) is 1. The van der Waals surface area contributed by atoms with Gasteiger partial charge in [0.25, 0.3) is 0 Å². The van der Waals surface area contributed by atoms with Crippen LogP contribution in [0.2, 0.25) is 0 Å². The van der Waals surface area contributed by atoms with Crippen LogP contribution in [0.15, 0.2) is 42.5 Å². The average Bonchev–Trinajstić information content (AvgIpc) is 2.62. The van der Waals surface area contributed by atoms with Crippen molar-refractivity contribution >= 4 is 12.0 Å². The molecule has 138 valence electrons. The third-order valence-electron chi connectivity index (χ3n) is 3.46. The normalized spacial score (nSPS) is 12.1. The number of aliphatic hydroxyl groups is 1. The average molecular weight is 348 g/mol. The predicted octanol–water partition coefficient (Wildman–Crippen LogP) is 3.72. The number of aliphatic hydroxyl groups excluding tert-OH is 1. The van der Waals surface area contributed by atoms with E-state index in [9.17, 15) is 9.90 Å². The van der Waals surface area contributed by atoms with E-state index < -0.39 is 6.29 Å². The van der Waals surface area contributed by atoms with Crippen LogP contribution in [-0.2, 0) is 14.3 Å². The lowest BCUT2D eigenvalue weighted by molar-refractivity contribution is -0.139. The molecule has 1 unspecified atom stereocenters. The van der Waals surface area contributed by atoms with Crippen molar-refractivity contribution in [1.82, 2.24) is 0 Å². The number of carbonyl (C=O) groups is 1. The van der Waals surface area contributed by atoms with Gasteiger partial charge in [-0.2, -0.15) is 0 Å². The molecule has 0 aliphatic heterocycles. The van der Waals surface area contributed by atoms with E-state index in [1.165, 1.54) is 7.11 Å². The van der Waals surface area contributed by atoms with Gasteiger partial charge in [0, 0.05) is 12.7 Å². The lowest BCUT2D eigenvalue weighted by atomic mass is 10.2. The molecule has 0 aliphatic carbocycles. The molecule has 0 heterocycles. The van der Waals surface area contributed by atoms with E-state index in [1.54, 1.807) is 19.1 Å². The first-order chi connectivity index (χ1) is 12.0. The summed E-state index contributed by atoms with van der Waals surface area (Å²) in [5.74, 6) is 0.498. The molecule has 1 atom stereocenters. The van der Waals surface area contributed by atoms with Crippen LogP contribution in [0.25, 0.3) is 6.08 Å². The summed E-state index contributed by atoms with van der Waals surface area (Å²) < 4.78 is 15.5. The molecule has 0 saturated heterocycles. The summed E-state index contributed by atoms with van der Waals surface area (Å²) in [7, 11) is 1.45. The number of ether oxygens (including phenoxy) is 3. The first kappa shape index (κ1) is 20.9. The number of methoxy groups -OCH3 is 1. The lowest BCUT2D eigenvalue weighted by Gasteiger charge is -2.07. The van der Waals surface area contributed by atoms with Gasteiger partial charge in [0.15, 0.2) is 6.29 Å². The highest BCUT2D eigenvalue weighted by atomic mass is 16.6. The Hall–Kier alpha value is -2.11. The van der Waals surface area contributed by atoms with Crippen molar-refractivity contribution < 1.29 is 24.1 Å².